The van der Waals surface area contributed by atoms with Crippen LogP contribution in [0.1, 0.15) is 11.8 Å². The van der Waals surface area contributed by atoms with E-state index in [0.29, 0.717) is 5.69 Å². The molecule has 4 atom stereocenters. The van der Waals surface area contributed by atoms with Gasteiger partial charge in [0.05, 0.1) is 24.8 Å². The van der Waals surface area contributed by atoms with Crippen LogP contribution in [0.3, 0.4) is 0 Å². The minimum Gasteiger partial charge on any atom is -0.388 e. The van der Waals surface area contributed by atoms with Crippen LogP contribution in [0.2, 0.25) is 0 Å². The first-order valence-corrected chi connectivity index (χ1v) is 4.34. The Morgan fingerprint density at radius 3 is 2.79 bits per heavy atom. The maximum atomic E-state index is 9.60. The van der Waals surface area contributed by atoms with E-state index >= 15 is 0 Å². The van der Waals surface area contributed by atoms with E-state index in [1.165, 1.54) is 12.5 Å². The largest absolute Gasteiger partial charge is 0.388 e. The first-order valence-electron chi connectivity index (χ1n) is 4.34. The van der Waals surface area contributed by atoms with Crippen molar-refractivity contribution >= 4 is 0 Å². The van der Waals surface area contributed by atoms with Crippen LogP contribution in [0.5, 0.6) is 0 Å². The van der Waals surface area contributed by atoms with Crippen LogP contribution in [-0.2, 0) is 4.74 Å². The molecule has 1 aliphatic heterocycles. The molecule has 0 amide bonds. The van der Waals surface area contributed by atoms with E-state index in [2.05, 4.69) is 9.97 Å². The number of hydrogen-bond donors (Lipinski definition) is 4. The number of aliphatic hydroxyl groups excluding tert-OH is 3. The topological polar surface area (TPSA) is 98.6 Å². The van der Waals surface area contributed by atoms with Crippen LogP contribution >= 0.6 is 0 Å². The molecular weight excluding hydrogens is 188 g/mol. The van der Waals surface area contributed by atoms with Gasteiger partial charge >= 0.3 is 0 Å². The average Bonchev–Trinajstić information content (AvgIpc) is 2.67. The van der Waals surface area contributed by atoms with Gasteiger partial charge in [-0.2, -0.15) is 0 Å². The Hall–Kier alpha value is -0.950. The molecule has 0 bridgehead atoms. The maximum Gasteiger partial charge on any atom is 0.127 e. The Balaban J connectivity index is 2.14. The predicted molar refractivity (Wildman–Crippen MR) is 45.3 cm³/mol. The Kier molecular flexibility index (Phi) is 2.51. The smallest absolute Gasteiger partial charge is 0.127 e. The number of H-pyrrole nitrogens is 1. The van der Waals surface area contributed by atoms with Crippen molar-refractivity contribution in [3.63, 3.8) is 0 Å². The summed E-state index contributed by atoms with van der Waals surface area (Å²) in [6.45, 7) is 0.00190. The molecule has 1 saturated heterocycles. The third kappa shape index (κ3) is 1.53. The quantitative estimate of drug-likeness (QED) is 0.445. The molecule has 1 aliphatic rings. The van der Waals surface area contributed by atoms with Crippen LogP contribution < -0.4 is 0 Å². The minimum absolute atomic E-state index is 0.00190. The molecule has 6 heteroatoms. The van der Waals surface area contributed by atoms with E-state index in [1.54, 1.807) is 0 Å². The first kappa shape index (κ1) is 9.60. The van der Waals surface area contributed by atoms with Crippen molar-refractivity contribution < 1.29 is 20.1 Å². The molecule has 0 saturated carbocycles. The second-order valence-corrected chi connectivity index (χ2v) is 3.31. The zero-order chi connectivity index (χ0) is 10.1. The molecule has 0 unspecified atom stereocenters. The van der Waals surface area contributed by atoms with Crippen LogP contribution in [-0.4, -0.2) is 50.2 Å². The fraction of sp³-hybridized carbons (Fsp3) is 0.625. The number of aromatic amines is 1. The van der Waals surface area contributed by atoms with Crippen LogP contribution in [0, 0.1) is 0 Å². The third-order valence-electron chi connectivity index (χ3n) is 2.33. The van der Waals surface area contributed by atoms with Gasteiger partial charge in [0.1, 0.15) is 24.4 Å². The number of aliphatic hydroxyl groups is 3. The summed E-state index contributed by atoms with van der Waals surface area (Å²) in [5.74, 6) is 0. The van der Waals surface area contributed by atoms with Gasteiger partial charge in [-0.05, 0) is 0 Å². The number of ether oxygens (including phenoxy) is 1. The highest BCUT2D eigenvalue weighted by molar-refractivity contribution is 5.05. The summed E-state index contributed by atoms with van der Waals surface area (Å²) in [5.41, 5.74) is 0.587. The molecule has 1 aromatic heterocycles. The lowest BCUT2D eigenvalue weighted by molar-refractivity contribution is -0.190. The molecule has 0 aromatic carbocycles. The number of nitrogens with zero attached hydrogens (tertiary/aromatic N) is 1. The van der Waals surface area contributed by atoms with Crippen molar-refractivity contribution in [1.29, 1.82) is 0 Å². The molecule has 0 radical (unpaired) electrons. The zero-order valence-corrected chi connectivity index (χ0v) is 7.37. The zero-order valence-electron chi connectivity index (χ0n) is 7.37. The minimum atomic E-state index is -1.18. The average molecular weight is 200 g/mol. The molecule has 78 valence electrons. The molecule has 4 N–H and O–H groups in total. The Morgan fingerprint density at radius 1 is 1.36 bits per heavy atom. The Morgan fingerprint density at radius 2 is 2.14 bits per heavy atom. The third-order valence-corrected chi connectivity index (χ3v) is 2.33. The number of imidazole rings is 1. The van der Waals surface area contributed by atoms with Gasteiger partial charge in [0.25, 0.3) is 0 Å². The number of aromatic nitrogens is 2. The molecular formula is C8H12N2O4. The molecule has 14 heavy (non-hydrogen) atoms. The van der Waals surface area contributed by atoms with Crippen molar-refractivity contribution in [3.8, 4) is 0 Å². The lowest BCUT2D eigenvalue weighted by Gasteiger charge is -2.34. The SMILES string of the molecule is O[C@H]1[C@H](O)[C@H](c2cnc[nH]2)OC[C@H]1O. The molecule has 0 spiro atoms. The Bertz CT molecular complexity index is 290. The van der Waals surface area contributed by atoms with Gasteiger partial charge in [-0.25, -0.2) is 4.98 Å². The first-order chi connectivity index (χ1) is 6.70. The molecule has 2 rings (SSSR count). The molecule has 1 aromatic rings. The van der Waals surface area contributed by atoms with Gasteiger partial charge in [0.2, 0.25) is 0 Å². The number of hydrogen-bond acceptors (Lipinski definition) is 5. The van der Waals surface area contributed by atoms with E-state index in [4.69, 9.17) is 4.74 Å². The summed E-state index contributed by atoms with van der Waals surface area (Å²) < 4.78 is 5.19. The van der Waals surface area contributed by atoms with E-state index in [1.807, 2.05) is 0 Å². The maximum absolute atomic E-state index is 9.60. The lowest BCUT2D eigenvalue weighted by Crippen LogP contribution is -2.49. The number of nitrogens with one attached hydrogen (secondary N) is 1. The second kappa shape index (κ2) is 3.66. The van der Waals surface area contributed by atoms with Gasteiger partial charge in [-0.15, -0.1) is 0 Å². The molecule has 1 fully saturated rings. The summed E-state index contributed by atoms with van der Waals surface area (Å²) >= 11 is 0. The van der Waals surface area contributed by atoms with E-state index in [0.717, 1.165) is 0 Å². The summed E-state index contributed by atoms with van der Waals surface area (Å²) in [5, 5.41) is 28.2. The highest BCUT2D eigenvalue weighted by Crippen LogP contribution is 2.27. The highest BCUT2D eigenvalue weighted by Gasteiger charge is 2.38. The monoisotopic (exact) mass is 200 g/mol. The van der Waals surface area contributed by atoms with E-state index in [-0.39, 0.29) is 6.61 Å². The summed E-state index contributed by atoms with van der Waals surface area (Å²) in [7, 11) is 0. The summed E-state index contributed by atoms with van der Waals surface area (Å²) in [4.78, 5) is 6.57. The highest BCUT2D eigenvalue weighted by atomic mass is 16.5. The standard InChI is InChI=1S/C8H12N2O4/c11-5-2-14-8(7(13)6(5)12)4-1-9-3-10-4/h1,3,5-8,11-13H,2H2,(H,9,10)/t5-,6-,7+,8+/m1/s1. The predicted octanol–water partition coefficient (Wildman–Crippen LogP) is -1.44. The fourth-order valence-corrected chi connectivity index (χ4v) is 1.50. The van der Waals surface area contributed by atoms with Gasteiger partial charge in [0, 0.05) is 0 Å². The summed E-state index contributed by atoms with van der Waals surface area (Å²) in [6.07, 6.45) is -1.04. The van der Waals surface area contributed by atoms with Gasteiger partial charge in [-0.1, -0.05) is 0 Å². The van der Waals surface area contributed by atoms with Crippen molar-refractivity contribution in [2.24, 2.45) is 0 Å². The van der Waals surface area contributed by atoms with Crippen LogP contribution in [0.4, 0.5) is 0 Å². The van der Waals surface area contributed by atoms with Crippen LogP contribution in [0.15, 0.2) is 12.5 Å². The van der Waals surface area contributed by atoms with E-state index in [9.17, 15) is 15.3 Å². The van der Waals surface area contributed by atoms with Gasteiger partial charge < -0.3 is 25.0 Å². The van der Waals surface area contributed by atoms with Crippen molar-refractivity contribution in [2.45, 2.75) is 24.4 Å². The van der Waals surface area contributed by atoms with Crippen LogP contribution in [0.25, 0.3) is 0 Å². The normalized spacial score (nSPS) is 38.5. The second-order valence-electron chi connectivity index (χ2n) is 3.31. The van der Waals surface area contributed by atoms with Gasteiger partial charge in [-0.3, -0.25) is 0 Å². The van der Waals surface area contributed by atoms with Gasteiger partial charge in [0.15, 0.2) is 0 Å². The van der Waals surface area contributed by atoms with E-state index < -0.39 is 24.4 Å². The fourth-order valence-electron chi connectivity index (χ4n) is 1.50. The van der Waals surface area contributed by atoms with Crippen molar-refractivity contribution in [3.05, 3.63) is 18.2 Å². The molecule has 2 heterocycles. The molecule has 0 aliphatic carbocycles. The number of rotatable bonds is 1. The molecule has 6 nitrogen and oxygen atoms in total. The Labute approximate surface area is 80.2 Å². The summed E-state index contributed by atoms with van der Waals surface area (Å²) in [6, 6.07) is 0. The lowest BCUT2D eigenvalue weighted by atomic mass is 9.98. The van der Waals surface area contributed by atoms with Crippen molar-refractivity contribution in [2.75, 3.05) is 6.61 Å². The van der Waals surface area contributed by atoms with Crippen molar-refractivity contribution in [1.82, 2.24) is 9.97 Å².